The molecule has 1 atom stereocenters. The zero-order valence-corrected chi connectivity index (χ0v) is 24.5. The van der Waals surface area contributed by atoms with Gasteiger partial charge in [0.05, 0.1) is 30.1 Å². The zero-order valence-electron chi connectivity index (χ0n) is 23.7. The van der Waals surface area contributed by atoms with E-state index in [4.69, 9.17) is 0 Å². The highest BCUT2D eigenvalue weighted by molar-refractivity contribution is 7.90. The van der Waals surface area contributed by atoms with Crippen LogP contribution in [0.2, 0.25) is 0 Å². The summed E-state index contributed by atoms with van der Waals surface area (Å²) in [6, 6.07) is 26.1. The quantitative estimate of drug-likeness (QED) is 0.238. The number of hydrogen-bond acceptors (Lipinski definition) is 5. The number of likely N-dealkylation sites (N-methyl/N-ethyl adjacent to an activating group) is 1. The predicted molar refractivity (Wildman–Crippen MR) is 157 cm³/mol. The minimum atomic E-state index is -4.51. The van der Waals surface area contributed by atoms with Crippen molar-refractivity contribution >= 4 is 15.7 Å². The van der Waals surface area contributed by atoms with Crippen molar-refractivity contribution in [3.63, 3.8) is 0 Å². The van der Waals surface area contributed by atoms with Crippen LogP contribution < -0.4 is 0 Å². The first-order chi connectivity index (χ1) is 20.0. The van der Waals surface area contributed by atoms with E-state index in [2.05, 4.69) is 9.64 Å². The average Bonchev–Trinajstić information content (AvgIpc) is 3.48. The van der Waals surface area contributed by atoms with E-state index in [-0.39, 0.29) is 17.7 Å². The van der Waals surface area contributed by atoms with Crippen LogP contribution in [0.5, 0.6) is 0 Å². The van der Waals surface area contributed by atoms with Crippen molar-refractivity contribution in [1.82, 2.24) is 9.80 Å². The molecule has 1 saturated heterocycles. The van der Waals surface area contributed by atoms with Crippen LogP contribution in [0.1, 0.15) is 47.1 Å². The highest BCUT2D eigenvalue weighted by Crippen LogP contribution is 2.32. The van der Waals surface area contributed by atoms with Crippen LogP contribution in [0.15, 0.2) is 84.9 Å². The number of carbonyl (C=O) groups excluding carboxylic acids is 1. The Labute approximate surface area is 246 Å². The monoisotopic (exact) mass is 602 g/mol. The van der Waals surface area contributed by atoms with Crippen molar-refractivity contribution in [1.29, 1.82) is 0 Å². The lowest BCUT2D eigenvalue weighted by Crippen LogP contribution is -2.41. The van der Waals surface area contributed by atoms with Gasteiger partial charge in [-0.1, -0.05) is 84.9 Å². The number of nitrogens with zero attached hydrogens (tertiary/aromatic N) is 2. The number of ether oxygens (including phenoxy) is 1. The fourth-order valence-corrected chi connectivity index (χ4v) is 6.58. The molecule has 0 N–H and O–H groups in total. The Kier molecular flexibility index (Phi) is 10.8. The Hall–Kier alpha value is -3.21. The molecular formula is C32H37F3N2O4S. The Morgan fingerprint density at radius 2 is 1.48 bits per heavy atom. The van der Waals surface area contributed by atoms with Crippen LogP contribution in [0.3, 0.4) is 0 Å². The van der Waals surface area contributed by atoms with E-state index in [1.807, 2.05) is 66.7 Å². The summed E-state index contributed by atoms with van der Waals surface area (Å²) >= 11 is 0. The molecule has 42 heavy (non-hydrogen) atoms. The second kappa shape index (κ2) is 14.3. The Bertz CT molecular complexity index is 1360. The summed E-state index contributed by atoms with van der Waals surface area (Å²) in [6.45, 7) is 0.427. The second-order valence-corrected chi connectivity index (χ2v) is 12.9. The molecule has 10 heteroatoms. The summed E-state index contributed by atoms with van der Waals surface area (Å²) in [4.78, 5) is 18.4. The topological polar surface area (TPSA) is 66.9 Å². The molecule has 1 amide bonds. The first kappa shape index (κ1) is 31.7. The van der Waals surface area contributed by atoms with Gasteiger partial charge in [-0.15, -0.1) is 0 Å². The normalized spacial score (nSPS) is 15.2. The molecule has 4 rings (SSSR count). The predicted octanol–water partition coefficient (Wildman–Crippen LogP) is 5.61. The maximum Gasteiger partial charge on any atom is 0.411 e. The Balaban J connectivity index is 1.58. The highest BCUT2D eigenvalue weighted by atomic mass is 32.2. The summed E-state index contributed by atoms with van der Waals surface area (Å²) in [5, 5.41) is 0. The molecule has 6 nitrogen and oxygen atoms in total. The SMILES string of the molecule is CN(C(=O)C(c1ccccc1)c1ccccc1)[C@H](CN1CCCC1)c1cccc(CS(=O)(=O)CCOCC(F)(F)F)c1. The fraction of sp³-hybridized carbons (Fsp3) is 0.406. The summed E-state index contributed by atoms with van der Waals surface area (Å²) < 4.78 is 66.9. The van der Waals surface area contributed by atoms with Crippen molar-refractivity contribution < 1.29 is 31.1 Å². The van der Waals surface area contributed by atoms with Gasteiger partial charge in [-0.3, -0.25) is 4.79 Å². The Morgan fingerprint density at radius 1 is 0.905 bits per heavy atom. The van der Waals surface area contributed by atoms with E-state index in [0.717, 1.165) is 42.6 Å². The molecule has 0 bridgehead atoms. The molecule has 226 valence electrons. The average molecular weight is 603 g/mol. The number of alkyl halides is 3. The van der Waals surface area contributed by atoms with Crippen molar-refractivity contribution in [2.75, 3.05) is 45.6 Å². The largest absolute Gasteiger partial charge is 0.411 e. The summed E-state index contributed by atoms with van der Waals surface area (Å²) in [6.07, 6.45) is -2.35. The third kappa shape index (κ3) is 9.14. The van der Waals surface area contributed by atoms with Gasteiger partial charge >= 0.3 is 6.18 Å². The van der Waals surface area contributed by atoms with Gasteiger partial charge in [0.15, 0.2) is 9.84 Å². The van der Waals surface area contributed by atoms with Gasteiger partial charge in [-0.05, 0) is 48.2 Å². The minimum absolute atomic E-state index is 0.0727. The number of halogens is 3. The van der Waals surface area contributed by atoms with Crippen LogP contribution in [0.25, 0.3) is 0 Å². The van der Waals surface area contributed by atoms with Gasteiger partial charge in [0.1, 0.15) is 6.61 Å². The molecule has 1 aliphatic rings. The maximum atomic E-state index is 14.3. The third-order valence-corrected chi connectivity index (χ3v) is 9.05. The van der Waals surface area contributed by atoms with E-state index in [9.17, 15) is 26.4 Å². The van der Waals surface area contributed by atoms with Gasteiger partial charge in [0, 0.05) is 13.6 Å². The van der Waals surface area contributed by atoms with Gasteiger partial charge < -0.3 is 14.5 Å². The molecule has 0 aromatic heterocycles. The molecule has 1 heterocycles. The number of carbonyl (C=O) groups is 1. The van der Waals surface area contributed by atoms with Crippen LogP contribution in [-0.2, 0) is 25.1 Å². The lowest BCUT2D eigenvalue weighted by atomic mass is 9.89. The standard InChI is InChI=1S/C32H37F3N2O4S/c1-36(31(38)30(26-12-4-2-5-13-26)27-14-6-3-7-15-27)29(22-37-17-8-9-18-37)28-16-10-11-25(21-28)23-42(39,40)20-19-41-24-32(33,34)35/h2-7,10-16,21,29-30H,8-9,17-20,22-24H2,1H3/t29-/m1/s1. The van der Waals surface area contributed by atoms with Gasteiger partial charge in [-0.2, -0.15) is 13.2 Å². The number of hydrogen-bond donors (Lipinski definition) is 0. The van der Waals surface area contributed by atoms with Gasteiger partial charge in [-0.25, -0.2) is 8.42 Å². The highest BCUT2D eigenvalue weighted by Gasteiger charge is 2.32. The summed E-state index contributed by atoms with van der Waals surface area (Å²) in [7, 11) is -1.93. The van der Waals surface area contributed by atoms with Gasteiger partial charge in [0.25, 0.3) is 0 Å². The zero-order chi connectivity index (χ0) is 30.2. The summed E-state index contributed by atoms with van der Waals surface area (Å²) in [5.74, 6) is -1.44. The first-order valence-electron chi connectivity index (χ1n) is 14.0. The number of sulfone groups is 1. The fourth-order valence-electron chi connectivity index (χ4n) is 5.38. The number of rotatable bonds is 13. The minimum Gasteiger partial charge on any atom is -0.371 e. The Morgan fingerprint density at radius 3 is 2.05 bits per heavy atom. The molecular weight excluding hydrogens is 565 g/mol. The van der Waals surface area contributed by atoms with E-state index in [0.29, 0.717) is 12.1 Å². The molecule has 1 aliphatic heterocycles. The summed E-state index contributed by atoms with van der Waals surface area (Å²) in [5.41, 5.74) is 3.08. The number of amides is 1. The molecule has 3 aromatic carbocycles. The molecule has 1 fully saturated rings. The smallest absolute Gasteiger partial charge is 0.371 e. The number of likely N-dealkylation sites (tertiary alicyclic amines) is 1. The first-order valence-corrected chi connectivity index (χ1v) is 15.9. The van der Waals surface area contributed by atoms with E-state index < -0.39 is 40.9 Å². The van der Waals surface area contributed by atoms with Crippen LogP contribution in [0.4, 0.5) is 13.2 Å². The van der Waals surface area contributed by atoms with Crippen molar-refractivity contribution in [2.24, 2.45) is 0 Å². The maximum absolute atomic E-state index is 14.3. The van der Waals surface area contributed by atoms with Crippen LogP contribution >= 0.6 is 0 Å². The van der Waals surface area contributed by atoms with Crippen LogP contribution in [0, 0.1) is 0 Å². The third-order valence-electron chi connectivity index (χ3n) is 7.48. The molecule has 0 spiro atoms. The van der Waals surface area contributed by atoms with Crippen molar-refractivity contribution in [3.8, 4) is 0 Å². The van der Waals surface area contributed by atoms with E-state index in [1.165, 1.54) is 0 Å². The van der Waals surface area contributed by atoms with E-state index >= 15 is 0 Å². The van der Waals surface area contributed by atoms with Crippen molar-refractivity contribution in [2.45, 2.75) is 36.7 Å². The molecule has 3 aromatic rings. The molecule has 0 aliphatic carbocycles. The van der Waals surface area contributed by atoms with Crippen molar-refractivity contribution in [3.05, 3.63) is 107 Å². The lowest BCUT2D eigenvalue weighted by Gasteiger charge is -2.35. The molecule has 0 radical (unpaired) electrons. The van der Waals surface area contributed by atoms with Gasteiger partial charge in [0.2, 0.25) is 5.91 Å². The lowest BCUT2D eigenvalue weighted by molar-refractivity contribution is -0.172. The molecule has 0 saturated carbocycles. The second-order valence-electron chi connectivity index (χ2n) is 10.7. The number of benzene rings is 3. The van der Waals surface area contributed by atoms with E-state index in [1.54, 1.807) is 30.1 Å². The molecule has 0 unspecified atom stereocenters. The van der Waals surface area contributed by atoms with Crippen LogP contribution in [-0.4, -0.2) is 75.9 Å².